The van der Waals surface area contributed by atoms with Gasteiger partial charge in [0.15, 0.2) is 6.61 Å². The molecule has 31 heavy (non-hydrogen) atoms. The van der Waals surface area contributed by atoms with Crippen LogP contribution in [0, 0.1) is 0 Å². The standard InChI is InChI=1S/C20H16ClF4N3O3/c21-11-5-13(12-3-1-2-4-17(12)31-10-20(23,24)25)18-26-15(7-28(18)6-11)19(29)27-16-9-30-8-14(16)22/h1-7,14,16H,8-10H2,(H,27,29)/t14-,16+/m0/s1. The van der Waals surface area contributed by atoms with Gasteiger partial charge in [-0.25, -0.2) is 9.37 Å². The number of nitrogens with one attached hydrogen (secondary N) is 1. The van der Waals surface area contributed by atoms with Crippen LogP contribution in [-0.4, -0.2) is 53.5 Å². The lowest BCUT2D eigenvalue weighted by atomic mass is 10.1. The minimum atomic E-state index is -4.51. The molecule has 0 spiro atoms. The SMILES string of the molecule is O=C(N[C@@H]1COC[C@@H]1F)c1cn2cc(Cl)cc(-c3ccccc3OCC(F)(F)F)c2n1. The highest BCUT2D eigenvalue weighted by Crippen LogP contribution is 2.35. The summed E-state index contributed by atoms with van der Waals surface area (Å²) in [5.74, 6) is -0.619. The van der Waals surface area contributed by atoms with Crippen LogP contribution < -0.4 is 10.1 Å². The van der Waals surface area contributed by atoms with E-state index >= 15 is 0 Å². The molecule has 164 valence electrons. The summed E-state index contributed by atoms with van der Waals surface area (Å²) < 4.78 is 63.1. The van der Waals surface area contributed by atoms with Crippen LogP contribution >= 0.6 is 11.6 Å². The molecule has 1 N–H and O–H groups in total. The second-order valence-electron chi connectivity index (χ2n) is 6.96. The summed E-state index contributed by atoms with van der Waals surface area (Å²) in [6.07, 6.45) is -2.92. The third-order valence-electron chi connectivity index (χ3n) is 4.65. The number of alkyl halides is 4. The molecule has 0 unspecified atom stereocenters. The molecule has 3 aromatic rings. The second-order valence-corrected chi connectivity index (χ2v) is 7.40. The van der Waals surface area contributed by atoms with Crippen molar-refractivity contribution in [3.63, 3.8) is 0 Å². The summed E-state index contributed by atoms with van der Waals surface area (Å²) in [5.41, 5.74) is 0.968. The molecule has 1 aromatic carbocycles. The molecule has 0 aliphatic carbocycles. The molecule has 1 aliphatic rings. The summed E-state index contributed by atoms with van der Waals surface area (Å²) in [5, 5.41) is 2.80. The highest BCUT2D eigenvalue weighted by atomic mass is 35.5. The number of ether oxygens (including phenoxy) is 2. The molecule has 2 aromatic heterocycles. The summed E-state index contributed by atoms with van der Waals surface area (Å²) in [4.78, 5) is 16.8. The maximum absolute atomic E-state index is 13.7. The third-order valence-corrected chi connectivity index (χ3v) is 4.85. The highest BCUT2D eigenvalue weighted by molar-refractivity contribution is 6.31. The first-order valence-corrected chi connectivity index (χ1v) is 9.59. The zero-order valence-electron chi connectivity index (χ0n) is 15.8. The summed E-state index contributed by atoms with van der Waals surface area (Å²) in [6.45, 7) is -1.50. The Hall–Kier alpha value is -2.85. The quantitative estimate of drug-likeness (QED) is 0.587. The van der Waals surface area contributed by atoms with Gasteiger partial charge < -0.3 is 19.2 Å². The number of para-hydroxylation sites is 1. The molecule has 3 heterocycles. The molecule has 2 atom stereocenters. The van der Waals surface area contributed by atoms with Crippen molar-refractivity contribution in [3.05, 3.63) is 53.4 Å². The maximum atomic E-state index is 13.7. The summed E-state index contributed by atoms with van der Waals surface area (Å²) >= 11 is 6.19. The van der Waals surface area contributed by atoms with Crippen molar-refractivity contribution in [1.29, 1.82) is 0 Å². The minimum Gasteiger partial charge on any atom is -0.483 e. The Balaban J connectivity index is 1.70. The van der Waals surface area contributed by atoms with Crippen molar-refractivity contribution in [2.75, 3.05) is 19.8 Å². The largest absolute Gasteiger partial charge is 0.483 e. The van der Waals surface area contributed by atoms with Gasteiger partial charge in [-0.2, -0.15) is 13.2 Å². The van der Waals surface area contributed by atoms with E-state index in [9.17, 15) is 22.4 Å². The number of carbonyl (C=O) groups excluding carboxylic acids is 1. The van der Waals surface area contributed by atoms with Gasteiger partial charge in [0.1, 0.15) is 23.3 Å². The first-order chi connectivity index (χ1) is 14.7. The van der Waals surface area contributed by atoms with Gasteiger partial charge in [0.05, 0.1) is 24.3 Å². The van der Waals surface area contributed by atoms with Crippen molar-refractivity contribution in [3.8, 4) is 16.9 Å². The summed E-state index contributed by atoms with van der Waals surface area (Å²) in [7, 11) is 0. The van der Waals surface area contributed by atoms with Crippen molar-refractivity contribution >= 4 is 23.2 Å². The first-order valence-electron chi connectivity index (χ1n) is 9.21. The number of pyridine rings is 1. The topological polar surface area (TPSA) is 64.9 Å². The Kier molecular flexibility index (Phi) is 5.76. The van der Waals surface area contributed by atoms with Crippen molar-refractivity contribution in [2.24, 2.45) is 0 Å². The Morgan fingerprint density at radius 1 is 1.26 bits per heavy atom. The average molecular weight is 458 g/mol. The van der Waals surface area contributed by atoms with E-state index in [1.807, 2.05) is 0 Å². The predicted molar refractivity (Wildman–Crippen MR) is 104 cm³/mol. The fourth-order valence-corrected chi connectivity index (χ4v) is 3.46. The van der Waals surface area contributed by atoms with E-state index in [1.165, 1.54) is 28.9 Å². The molecule has 0 saturated carbocycles. The number of rotatable bonds is 5. The molecule has 11 heteroatoms. The second kappa shape index (κ2) is 8.35. The normalized spacial score (nSPS) is 19.0. The number of halogens is 5. The lowest BCUT2D eigenvalue weighted by molar-refractivity contribution is -0.153. The van der Waals surface area contributed by atoms with Gasteiger partial charge in [-0.3, -0.25) is 4.79 Å². The number of fused-ring (bicyclic) bond motifs is 1. The predicted octanol–water partition coefficient (Wildman–Crippen LogP) is 4.06. The van der Waals surface area contributed by atoms with Gasteiger partial charge in [-0.15, -0.1) is 0 Å². The van der Waals surface area contributed by atoms with E-state index in [0.717, 1.165) is 0 Å². The highest BCUT2D eigenvalue weighted by Gasteiger charge is 2.31. The average Bonchev–Trinajstić information content (AvgIpc) is 3.31. The van der Waals surface area contributed by atoms with Gasteiger partial charge >= 0.3 is 6.18 Å². The number of carbonyl (C=O) groups is 1. The molecule has 1 fully saturated rings. The van der Waals surface area contributed by atoms with Gasteiger partial charge in [-0.05, 0) is 12.1 Å². The number of aromatic nitrogens is 2. The van der Waals surface area contributed by atoms with Crippen molar-refractivity contribution in [2.45, 2.75) is 18.4 Å². The van der Waals surface area contributed by atoms with Crippen LogP contribution in [0.2, 0.25) is 5.02 Å². The van der Waals surface area contributed by atoms with Crippen LogP contribution in [0.1, 0.15) is 10.5 Å². The Morgan fingerprint density at radius 2 is 2.03 bits per heavy atom. The smallest absolute Gasteiger partial charge is 0.422 e. The van der Waals surface area contributed by atoms with Crippen molar-refractivity contribution in [1.82, 2.24) is 14.7 Å². The number of amides is 1. The van der Waals surface area contributed by atoms with Crippen LogP contribution in [-0.2, 0) is 4.74 Å². The van der Waals surface area contributed by atoms with E-state index < -0.39 is 30.9 Å². The molecular weight excluding hydrogens is 442 g/mol. The molecule has 0 radical (unpaired) electrons. The lowest BCUT2D eigenvalue weighted by Gasteiger charge is -2.14. The van der Waals surface area contributed by atoms with Crippen LogP contribution in [0.15, 0.2) is 42.7 Å². The molecule has 4 rings (SSSR count). The van der Waals surface area contributed by atoms with Crippen LogP contribution in [0.3, 0.4) is 0 Å². The maximum Gasteiger partial charge on any atom is 0.422 e. The fourth-order valence-electron chi connectivity index (χ4n) is 3.25. The minimum absolute atomic E-state index is 0.00342. The Bertz CT molecular complexity index is 1120. The van der Waals surface area contributed by atoms with Crippen LogP contribution in [0.25, 0.3) is 16.8 Å². The lowest BCUT2D eigenvalue weighted by Crippen LogP contribution is -2.41. The van der Waals surface area contributed by atoms with Gasteiger partial charge in [-0.1, -0.05) is 29.8 Å². The Morgan fingerprint density at radius 3 is 2.74 bits per heavy atom. The zero-order valence-corrected chi connectivity index (χ0v) is 16.6. The summed E-state index contributed by atoms with van der Waals surface area (Å²) in [6, 6.07) is 6.87. The van der Waals surface area contributed by atoms with E-state index in [2.05, 4.69) is 10.3 Å². The fraction of sp³-hybridized carbons (Fsp3) is 0.300. The van der Waals surface area contributed by atoms with E-state index in [-0.39, 0.29) is 35.3 Å². The number of hydrogen-bond acceptors (Lipinski definition) is 4. The molecule has 1 amide bonds. The van der Waals surface area contributed by atoms with E-state index in [0.29, 0.717) is 11.1 Å². The molecular formula is C20H16ClF4N3O3. The number of imidazole rings is 1. The number of hydrogen-bond donors (Lipinski definition) is 1. The van der Waals surface area contributed by atoms with Crippen LogP contribution in [0.5, 0.6) is 5.75 Å². The van der Waals surface area contributed by atoms with Crippen molar-refractivity contribution < 1.29 is 31.8 Å². The number of nitrogens with zero attached hydrogens (tertiary/aromatic N) is 2. The first kappa shape index (κ1) is 21.4. The van der Waals surface area contributed by atoms with Gasteiger partial charge in [0.25, 0.3) is 5.91 Å². The molecule has 1 saturated heterocycles. The molecule has 6 nitrogen and oxygen atoms in total. The molecule has 0 bridgehead atoms. The monoisotopic (exact) mass is 457 g/mol. The van der Waals surface area contributed by atoms with Crippen LogP contribution in [0.4, 0.5) is 17.6 Å². The van der Waals surface area contributed by atoms with Gasteiger partial charge in [0.2, 0.25) is 0 Å². The van der Waals surface area contributed by atoms with E-state index in [4.69, 9.17) is 21.1 Å². The van der Waals surface area contributed by atoms with Gasteiger partial charge in [0, 0.05) is 23.5 Å². The molecule has 1 aliphatic heterocycles. The third kappa shape index (κ3) is 4.75. The zero-order chi connectivity index (χ0) is 22.2. The van der Waals surface area contributed by atoms with E-state index in [1.54, 1.807) is 18.2 Å². The Labute approximate surface area is 178 Å². The number of benzene rings is 1.